The van der Waals surface area contributed by atoms with Gasteiger partial charge in [0.2, 0.25) is 29.5 Å². The number of esters is 1. The molecule has 304 valence electrons. The fourth-order valence-corrected chi connectivity index (χ4v) is 5.89. The van der Waals surface area contributed by atoms with Gasteiger partial charge in [-0.05, 0) is 48.6 Å². The summed E-state index contributed by atoms with van der Waals surface area (Å²) in [6.07, 6.45) is -2.93. The van der Waals surface area contributed by atoms with Gasteiger partial charge in [-0.1, -0.05) is 102 Å². The molecule has 0 aliphatic heterocycles. The maximum atomic E-state index is 13.8. The molecule has 14 heteroatoms. The number of aliphatic hydroxyl groups excluding tert-OH is 2. The summed E-state index contributed by atoms with van der Waals surface area (Å²) in [6, 6.07) is 13.3. The summed E-state index contributed by atoms with van der Waals surface area (Å²) in [4.78, 5) is 78.1. The molecule has 55 heavy (non-hydrogen) atoms. The van der Waals surface area contributed by atoms with Gasteiger partial charge in [0.1, 0.15) is 18.1 Å². The van der Waals surface area contributed by atoms with E-state index < -0.39 is 78.4 Å². The Labute approximate surface area is 324 Å². The van der Waals surface area contributed by atoms with E-state index in [-0.39, 0.29) is 49.3 Å². The van der Waals surface area contributed by atoms with Crippen molar-refractivity contribution < 1.29 is 43.7 Å². The normalized spacial score (nSPS) is 15.1. The maximum Gasteiger partial charge on any atom is 0.308 e. The second-order valence-electron chi connectivity index (χ2n) is 15.1. The quantitative estimate of drug-likeness (QED) is 0.0872. The highest BCUT2D eigenvalue weighted by Gasteiger charge is 2.34. The van der Waals surface area contributed by atoms with Gasteiger partial charge in [0.15, 0.2) is 0 Å². The molecule has 0 saturated heterocycles. The molecule has 14 nitrogen and oxygen atoms in total. The van der Waals surface area contributed by atoms with Crippen LogP contribution in [0.4, 0.5) is 0 Å². The molecular weight excluding hydrogens is 706 g/mol. The predicted octanol–water partition coefficient (Wildman–Crippen LogP) is 1.95. The third kappa shape index (κ3) is 16.6. The molecule has 5 amide bonds. The predicted molar refractivity (Wildman–Crippen MR) is 208 cm³/mol. The average Bonchev–Trinajstić information content (AvgIpc) is 3.12. The Morgan fingerprint density at radius 3 is 1.42 bits per heavy atom. The second-order valence-corrected chi connectivity index (χ2v) is 15.1. The topological polar surface area (TPSA) is 212 Å². The molecule has 0 saturated carbocycles. The van der Waals surface area contributed by atoms with Crippen LogP contribution in [-0.4, -0.2) is 95.2 Å². The van der Waals surface area contributed by atoms with Crippen LogP contribution in [0.5, 0.6) is 0 Å². The number of methoxy groups -OCH3 is 1. The Morgan fingerprint density at radius 2 is 0.964 bits per heavy atom. The third-order valence-corrected chi connectivity index (χ3v) is 9.06. The van der Waals surface area contributed by atoms with Crippen LogP contribution in [0, 0.1) is 17.8 Å². The van der Waals surface area contributed by atoms with Gasteiger partial charge in [-0.25, -0.2) is 0 Å². The Morgan fingerprint density at radius 1 is 0.545 bits per heavy atom. The second kappa shape index (κ2) is 23.2. The van der Waals surface area contributed by atoms with E-state index in [0.717, 1.165) is 11.1 Å². The summed E-state index contributed by atoms with van der Waals surface area (Å²) in [6.45, 7) is 12.3. The highest BCUT2D eigenvalue weighted by atomic mass is 16.5. The fourth-order valence-electron chi connectivity index (χ4n) is 5.89. The first-order chi connectivity index (χ1) is 25.9. The Balaban J connectivity index is 2.18. The van der Waals surface area contributed by atoms with Crippen molar-refractivity contribution in [3.63, 3.8) is 0 Å². The minimum absolute atomic E-state index is 0.0936. The lowest BCUT2D eigenvalue weighted by Crippen LogP contribution is -2.59. The first-order valence-electron chi connectivity index (χ1n) is 18.9. The minimum atomic E-state index is -1.41. The number of amides is 5. The molecule has 0 radical (unpaired) electrons. The van der Waals surface area contributed by atoms with Crippen molar-refractivity contribution in [3.05, 3.63) is 71.8 Å². The number of hydrogen-bond acceptors (Lipinski definition) is 9. The number of nitrogens with one attached hydrogen (secondary N) is 5. The van der Waals surface area contributed by atoms with Gasteiger partial charge in [-0.3, -0.25) is 28.8 Å². The van der Waals surface area contributed by atoms with E-state index >= 15 is 0 Å². The van der Waals surface area contributed by atoms with Crippen LogP contribution in [0.1, 0.15) is 78.9 Å². The van der Waals surface area contributed by atoms with Crippen LogP contribution in [0.15, 0.2) is 60.7 Å². The van der Waals surface area contributed by atoms with Crippen LogP contribution in [-0.2, 0) is 46.3 Å². The third-order valence-electron chi connectivity index (χ3n) is 9.06. The molecule has 0 heterocycles. The summed E-state index contributed by atoms with van der Waals surface area (Å²) >= 11 is 0. The van der Waals surface area contributed by atoms with E-state index in [1.165, 1.54) is 14.0 Å². The molecule has 0 aliphatic carbocycles. The van der Waals surface area contributed by atoms with Crippen LogP contribution >= 0.6 is 0 Å². The van der Waals surface area contributed by atoms with Crippen molar-refractivity contribution in [1.29, 1.82) is 0 Å². The molecule has 7 N–H and O–H groups in total. The summed E-state index contributed by atoms with van der Waals surface area (Å²) < 4.78 is 4.68. The van der Waals surface area contributed by atoms with Gasteiger partial charge in [0.05, 0.1) is 44.2 Å². The van der Waals surface area contributed by atoms with Crippen LogP contribution in [0.3, 0.4) is 0 Å². The lowest BCUT2D eigenvalue weighted by Gasteiger charge is -2.30. The molecule has 2 rings (SSSR count). The smallest absolute Gasteiger partial charge is 0.308 e. The summed E-state index contributed by atoms with van der Waals surface area (Å²) in [7, 11) is 1.20. The van der Waals surface area contributed by atoms with Crippen LogP contribution in [0.2, 0.25) is 0 Å². The molecular formula is C41H61N5O9. The van der Waals surface area contributed by atoms with E-state index in [1.54, 1.807) is 52.0 Å². The fraction of sp³-hybridized carbons (Fsp3) is 0.561. The zero-order chi connectivity index (χ0) is 41.2. The van der Waals surface area contributed by atoms with Gasteiger partial charge >= 0.3 is 5.97 Å². The number of aliphatic hydroxyl groups is 2. The standard InChI is InChI=1S/C41H61N5O9/c1-24(2)19-34(49)45-37(25(3)4)41(54)46-38(26(5)6)40(53)44-30(20-28-15-11-9-12-16-28)32(47)22-35(50)42-27(7)39(52)43-31(33(48)23-36(51)55-8)21-29-17-13-10-14-18-29/h9-18,24-27,30-33,37-38,47-48H,19-23H2,1-8H3,(H,42,50)(H,43,52)(H,44,53)(H,45,49)(H,46,54)/t27-,30+,31-,32+,33-,37+,38+/m1/s1. The number of hydrogen-bond donors (Lipinski definition) is 7. The molecule has 0 aliphatic rings. The number of ether oxygens (including phenoxy) is 1. The SMILES string of the molecule is COC(=O)C[C@@H](O)[C@@H](Cc1ccccc1)NC(=O)[C@@H](C)NC(=O)C[C@H](O)[C@H](Cc1ccccc1)NC(=O)[C@@H](NC(=O)[C@@H](NC(=O)CC(C)C)C(C)C)C(C)C. The van der Waals surface area contributed by atoms with Crippen LogP contribution in [0.25, 0.3) is 0 Å². The zero-order valence-electron chi connectivity index (χ0n) is 33.3. The Kier molecular flexibility index (Phi) is 19.5. The monoisotopic (exact) mass is 767 g/mol. The molecule has 7 atom stereocenters. The van der Waals surface area contributed by atoms with Crippen LogP contribution < -0.4 is 26.6 Å². The molecule has 0 aromatic heterocycles. The highest BCUT2D eigenvalue weighted by molar-refractivity contribution is 5.92. The summed E-state index contributed by atoms with van der Waals surface area (Å²) in [5.74, 6) is -3.87. The molecule has 2 aromatic carbocycles. The summed E-state index contributed by atoms with van der Waals surface area (Å²) in [5.41, 5.74) is 1.57. The van der Waals surface area contributed by atoms with Gasteiger partial charge in [0.25, 0.3) is 0 Å². The van der Waals surface area contributed by atoms with Gasteiger partial charge < -0.3 is 41.5 Å². The zero-order valence-corrected chi connectivity index (χ0v) is 33.3. The van der Waals surface area contributed by atoms with E-state index in [9.17, 15) is 39.0 Å². The van der Waals surface area contributed by atoms with Gasteiger partial charge in [0, 0.05) is 6.42 Å². The number of carbonyl (C=O) groups is 6. The lowest BCUT2D eigenvalue weighted by atomic mass is 9.96. The molecule has 0 bridgehead atoms. The minimum Gasteiger partial charge on any atom is -0.469 e. The van der Waals surface area contributed by atoms with E-state index in [1.807, 2.05) is 50.2 Å². The molecule has 2 aromatic rings. The number of rotatable bonds is 22. The van der Waals surface area contributed by atoms with Crippen molar-refractivity contribution in [1.82, 2.24) is 26.6 Å². The average molecular weight is 768 g/mol. The first kappa shape index (κ1) is 46.3. The summed E-state index contributed by atoms with van der Waals surface area (Å²) in [5, 5.41) is 35.8. The van der Waals surface area contributed by atoms with E-state index in [0.29, 0.717) is 0 Å². The Bertz CT molecular complexity index is 1540. The number of carbonyl (C=O) groups excluding carboxylic acids is 6. The van der Waals surface area contributed by atoms with Gasteiger partial charge in [-0.15, -0.1) is 0 Å². The van der Waals surface area contributed by atoms with E-state index in [2.05, 4.69) is 31.3 Å². The van der Waals surface area contributed by atoms with Crippen molar-refractivity contribution in [3.8, 4) is 0 Å². The van der Waals surface area contributed by atoms with Crippen molar-refractivity contribution >= 4 is 35.5 Å². The molecule has 0 spiro atoms. The molecule has 0 unspecified atom stereocenters. The first-order valence-corrected chi connectivity index (χ1v) is 18.9. The van der Waals surface area contributed by atoms with E-state index in [4.69, 9.17) is 0 Å². The highest BCUT2D eigenvalue weighted by Crippen LogP contribution is 2.14. The Hall–Kier alpha value is -4.82. The lowest BCUT2D eigenvalue weighted by molar-refractivity contribution is -0.143. The number of benzene rings is 2. The van der Waals surface area contributed by atoms with Crippen molar-refractivity contribution in [2.45, 2.75) is 123 Å². The maximum absolute atomic E-state index is 13.8. The van der Waals surface area contributed by atoms with Crippen molar-refractivity contribution in [2.75, 3.05) is 7.11 Å². The molecule has 0 fully saturated rings. The van der Waals surface area contributed by atoms with Crippen molar-refractivity contribution in [2.24, 2.45) is 17.8 Å². The van der Waals surface area contributed by atoms with Gasteiger partial charge in [-0.2, -0.15) is 0 Å². The largest absolute Gasteiger partial charge is 0.469 e.